The number of pyridine rings is 1. The quantitative estimate of drug-likeness (QED) is 0.750. The standard InChI is InChI=1S/C19H19N5O/c1-2-24(16-8-4-3-5-9-16)18(25)17-10-12-21-19(23-17)22-14-15-7-6-11-20-13-15/h3-13H,2,14H2,1H3,(H,21,22,23). The van der Waals surface area contributed by atoms with Gasteiger partial charge >= 0.3 is 0 Å². The van der Waals surface area contributed by atoms with Crippen molar-refractivity contribution in [3.05, 3.63) is 78.4 Å². The van der Waals surface area contributed by atoms with Gasteiger partial charge in [-0.1, -0.05) is 24.3 Å². The van der Waals surface area contributed by atoms with E-state index in [1.54, 1.807) is 29.6 Å². The van der Waals surface area contributed by atoms with Gasteiger partial charge in [0.2, 0.25) is 5.95 Å². The van der Waals surface area contributed by atoms with E-state index in [-0.39, 0.29) is 5.91 Å². The van der Waals surface area contributed by atoms with E-state index in [2.05, 4.69) is 20.3 Å². The van der Waals surface area contributed by atoms with Crippen molar-refractivity contribution in [1.29, 1.82) is 0 Å². The zero-order valence-electron chi connectivity index (χ0n) is 14.0. The van der Waals surface area contributed by atoms with Crippen LogP contribution in [0.2, 0.25) is 0 Å². The molecule has 0 unspecified atom stereocenters. The van der Waals surface area contributed by atoms with Crippen LogP contribution < -0.4 is 10.2 Å². The molecule has 0 saturated carbocycles. The second kappa shape index (κ2) is 8.01. The number of nitrogens with one attached hydrogen (secondary N) is 1. The van der Waals surface area contributed by atoms with Gasteiger partial charge in [-0.2, -0.15) is 0 Å². The lowest BCUT2D eigenvalue weighted by Gasteiger charge is -2.20. The minimum atomic E-state index is -0.152. The minimum Gasteiger partial charge on any atom is -0.350 e. The van der Waals surface area contributed by atoms with E-state index in [0.717, 1.165) is 11.3 Å². The fraction of sp³-hybridized carbons (Fsp3) is 0.158. The summed E-state index contributed by atoms with van der Waals surface area (Å²) in [6.07, 6.45) is 5.09. The number of rotatable bonds is 6. The van der Waals surface area contributed by atoms with Crippen LogP contribution in [0, 0.1) is 0 Å². The molecule has 0 atom stereocenters. The number of nitrogens with zero attached hydrogens (tertiary/aromatic N) is 4. The van der Waals surface area contributed by atoms with E-state index in [1.165, 1.54) is 0 Å². The Hall–Kier alpha value is -3.28. The van der Waals surface area contributed by atoms with Crippen LogP contribution in [0.1, 0.15) is 23.0 Å². The van der Waals surface area contributed by atoms with E-state index < -0.39 is 0 Å². The summed E-state index contributed by atoms with van der Waals surface area (Å²) in [6, 6.07) is 15.0. The maximum absolute atomic E-state index is 12.8. The van der Waals surface area contributed by atoms with E-state index in [9.17, 15) is 4.79 Å². The molecule has 1 amide bonds. The zero-order valence-corrected chi connectivity index (χ0v) is 14.0. The summed E-state index contributed by atoms with van der Waals surface area (Å²) in [7, 11) is 0. The number of anilines is 2. The Bertz CT molecular complexity index is 823. The first-order chi connectivity index (χ1) is 12.3. The van der Waals surface area contributed by atoms with Gasteiger partial charge in [-0.05, 0) is 36.8 Å². The molecule has 6 heteroatoms. The average molecular weight is 333 g/mol. The third kappa shape index (κ3) is 4.17. The van der Waals surface area contributed by atoms with Gasteiger partial charge in [0.25, 0.3) is 5.91 Å². The molecule has 0 bridgehead atoms. The summed E-state index contributed by atoms with van der Waals surface area (Å²) < 4.78 is 0. The summed E-state index contributed by atoms with van der Waals surface area (Å²) in [5.74, 6) is 0.263. The van der Waals surface area contributed by atoms with Crippen LogP contribution in [-0.4, -0.2) is 27.4 Å². The fourth-order valence-electron chi connectivity index (χ4n) is 2.44. The topological polar surface area (TPSA) is 71.0 Å². The molecule has 3 rings (SSSR count). The van der Waals surface area contributed by atoms with Gasteiger partial charge in [0, 0.05) is 37.4 Å². The SMILES string of the molecule is CCN(C(=O)c1ccnc(NCc2cccnc2)n1)c1ccccc1. The third-order valence-electron chi connectivity index (χ3n) is 3.68. The van der Waals surface area contributed by atoms with Crippen LogP contribution in [0.5, 0.6) is 0 Å². The summed E-state index contributed by atoms with van der Waals surface area (Å²) in [5, 5.41) is 3.12. The maximum Gasteiger partial charge on any atom is 0.277 e. The van der Waals surface area contributed by atoms with Crippen LogP contribution in [-0.2, 0) is 6.54 Å². The van der Waals surface area contributed by atoms with Crippen molar-refractivity contribution in [2.24, 2.45) is 0 Å². The molecule has 25 heavy (non-hydrogen) atoms. The van der Waals surface area contributed by atoms with Gasteiger partial charge < -0.3 is 10.2 Å². The maximum atomic E-state index is 12.8. The Morgan fingerprint density at radius 3 is 2.64 bits per heavy atom. The molecule has 0 aliphatic heterocycles. The van der Waals surface area contributed by atoms with Crippen molar-refractivity contribution in [3.63, 3.8) is 0 Å². The van der Waals surface area contributed by atoms with E-state index >= 15 is 0 Å². The highest BCUT2D eigenvalue weighted by atomic mass is 16.2. The van der Waals surface area contributed by atoms with Gasteiger partial charge in [0.05, 0.1) is 0 Å². The van der Waals surface area contributed by atoms with E-state index in [0.29, 0.717) is 24.7 Å². The van der Waals surface area contributed by atoms with E-state index in [1.807, 2.05) is 49.4 Å². The highest BCUT2D eigenvalue weighted by Crippen LogP contribution is 2.16. The van der Waals surface area contributed by atoms with Crippen LogP contribution in [0.3, 0.4) is 0 Å². The largest absolute Gasteiger partial charge is 0.350 e. The molecule has 1 N–H and O–H groups in total. The number of amides is 1. The highest BCUT2D eigenvalue weighted by molar-refractivity contribution is 6.04. The highest BCUT2D eigenvalue weighted by Gasteiger charge is 2.17. The average Bonchev–Trinajstić information content (AvgIpc) is 2.69. The first-order valence-electron chi connectivity index (χ1n) is 8.10. The summed E-state index contributed by atoms with van der Waals surface area (Å²) in [4.78, 5) is 27.1. The Morgan fingerprint density at radius 1 is 1.08 bits per heavy atom. The molecule has 0 spiro atoms. The van der Waals surface area contributed by atoms with Crippen LogP contribution >= 0.6 is 0 Å². The molecule has 6 nitrogen and oxygen atoms in total. The number of carbonyl (C=O) groups is 1. The van der Waals surface area contributed by atoms with Crippen molar-refractivity contribution in [3.8, 4) is 0 Å². The van der Waals surface area contributed by atoms with Crippen LogP contribution in [0.15, 0.2) is 67.1 Å². The number of hydrogen-bond donors (Lipinski definition) is 1. The predicted octanol–water partition coefficient (Wildman–Crippen LogP) is 3.15. The van der Waals surface area contributed by atoms with Gasteiger partial charge in [0.15, 0.2) is 0 Å². The second-order valence-electron chi connectivity index (χ2n) is 5.37. The predicted molar refractivity (Wildman–Crippen MR) is 97.4 cm³/mol. The van der Waals surface area contributed by atoms with Crippen molar-refractivity contribution in [2.75, 3.05) is 16.8 Å². The van der Waals surface area contributed by atoms with Crippen molar-refractivity contribution in [2.45, 2.75) is 13.5 Å². The first-order valence-corrected chi connectivity index (χ1v) is 8.10. The Labute approximate surface area is 146 Å². The van der Waals surface area contributed by atoms with Crippen molar-refractivity contribution >= 4 is 17.5 Å². The zero-order chi connectivity index (χ0) is 17.5. The molecule has 0 aliphatic rings. The lowest BCUT2D eigenvalue weighted by atomic mass is 10.2. The minimum absolute atomic E-state index is 0.152. The number of aromatic nitrogens is 3. The lowest BCUT2D eigenvalue weighted by molar-refractivity contribution is 0.0983. The second-order valence-corrected chi connectivity index (χ2v) is 5.37. The van der Waals surface area contributed by atoms with Gasteiger partial charge in [-0.3, -0.25) is 9.78 Å². The molecule has 2 aromatic heterocycles. The normalized spacial score (nSPS) is 10.3. The Morgan fingerprint density at radius 2 is 1.92 bits per heavy atom. The number of benzene rings is 1. The van der Waals surface area contributed by atoms with Gasteiger partial charge in [0.1, 0.15) is 5.69 Å². The van der Waals surface area contributed by atoms with Crippen LogP contribution in [0.25, 0.3) is 0 Å². The third-order valence-corrected chi connectivity index (χ3v) is 3.68. The molecule has 0 saturated heterocycles. The lowest BCUT2D eigenvalue weighted by Crippen LogP contribution is -2.31. The molecule has 3 aromatic rings. The molecule has 0 fully saturated rings. The molecule has 0 radical (unpaired) electrons. The number of hydrogen-bond acceptors (Lipinski definition) is 5. The molecule has 0 aliphatic carbocycles. The van der Waals surface area contributed by atoms with E-state index in [4.69, 9.17) is 0 Å². The summed E-state index contributed by atoms with van der Waals surface area (Å²) in [6.45, 7) is 3.04. The monoisotopic (exact) mass is 333 g/mol. The number of para-hydroxylation sites is 1. The smallest absolute Gasteiger partial charge is 0.277 e. The van der Waals surface area contributed by atoms with Crippen molar-refractivity contribution in [1.82, 2.24) is 15.0 Å². The van der Waals surface area contributed by atoms with Gasteiger partial charge in [-0.15, -0.1) is 0 Å². The fourth-order valence-corrected chi connectivity index (χ4v) is 2.44. The Kier molecular flexibility index (Phi) is 5.31. The summed E-state index contributed by atoms with van der Waals surface area (Å²) >= 11 is 0. The molecule has 126 valence electrons. The van der Waals surface area contributed by atoms with Crippen molar-refractivity contribution < 1.29 is 4.79 Å². The molecule has 1 aromatic carbocycles. The molecular formula is C19H19N5O. The summed E-state index contributed by atoms with van der Waals surface area (Å²) in [5.41, 5.74) is 2.22. The first kappa shape index (κ1) is 16.6. The molecule has 2 heterocycles. The van der Waals surface area contributed by atoms with Crippen LogP contribution in [0.4, 0.5) is 11.6 Å². The Balaban J connectivity index is 1.75. The molecular weight excluding hydrogens is 314 g/mol. The number of carbonyl (C=O) groups excluding carboxylic acids is 1. The van der Waals surface area contributed by atoms with Gasteiger partial charge in [-0.25, -0.2) is 9.97 Å².